The normalized spacial score (nSPS) is 22.7. The first-order chi connectivity index (χ1) is 12.2. The number of carbonyl (C=O) groups excluding carboxylic acids is 2. The molecule has 8 nitrogen and oxygen atoms in total. The van der Waals surface area contributed by atoms with Crippen LogP contribution in [0.5, 0.6) is 0 Å². The minimum absolute atomic E-state index is 0.263. The highest BCUT2D eigenvalue weighted by Crippen LogP contribution is 2.22. The highest BCUT2D eigenvalue weighted by molar-refractivity contribution is 5.98. The van der Waals surface area contributed by atoms with Gasteiger partial charge in [0.25, 0.3) is 0 Å². The molecule has 0 spiro atoms. The number of aliphatic hydroxyl groups is 1. The van der Waals surface area contributed by atoms with E-state index < -0.39 is 12.6 Å². The molecule has 1 heterocycles. The maximum absolute atomic E-state index is 12.7. The van der Waals surface area contributed by atoms with E-state index in [2.05, 4.69) is 21.3 Å². The molecule has 0 aromatic heterocycles. The number of nitrogens with zero attached hydrogens (tertiary/aromatic N) is 1. The molecular formula is C17H28N5O3. The Labute approximate surface area is 150 Å². The van der Waals surface area contributed by atoms with E-state index in [9.17, 15) is 14.7 Å². The zero-order valence-electron chi connectivity index (χ0n) is 14.5. The van der Waals surface area contributed by atoms with Crippen molar-refractivity contribution in [2.75, 3.05) is 59.0 Å². The van der Waals surface area contributed by atoms with E-state index >= 15 is 0 Å². The Hall–Kier alpha value is -1.22. The maximum atomic E-state index is 12.7. The predicted octanol–water partition coefficient (Wildman–Crippen LogP) is -2.52. The predicted molar refractivity (Wildman–Crippen MR) is 94.6 cm³/mol. The first-order valence-electron chi connectivity index (χ1n) is 8.76. The first-order valence-corrected chi connectivity index (χ1v) is 8.76. The van der Waals surface area contributed by atoms with Crippen molar-refractivity contribution >= 4 is 11.8 Å². The molecule has 0 aromatic rings. The van der Waals surface area contributed by atoms with E-state index in [1.165, 1.54) is 0 Å². The summed E-state index contributed by atoms with van der Waals surface area (Å²) in [5.41, 5.74) is 0. The van der Waals surface area contributed by atoms with Crippen LogP contribution in [0.1, 0.15) is 0 Å². The van der Waals surface area contributed by atoms with Crippen molar-refractivity contribution in [3.05, 3.63) is 31.6 Å². The molecule has 2 amide bonds. The van der Waals surface area contributed by atoms with Crippen LogP contribution in [0.2, 0.25) is 0 Å². The molecule has 2 aliphatic rings. The Kier molecular flexibility index (Phi) is 9.17. The Balaban J connectivity index is 1.88. The molecule has 8 heteroatoms. The standard InChI is InChI=1S/C17H28N5O3/c23-13-15(21-16(24)14-3-1-2-4-14)17(25)22-11-9-19-7-5-18-6-8-20-10-12-22/h1-4,15,18-20,23H,5-13H2,(H,21,24). The van der Waals surface area contributed by atoms with Gasteiger partial charge in [0.2, 0.25) is 11.8 Å². The minimum atomic E-state index is -0.933. The lowest BCUT2D eigenvalue weighted by Gasteiger charge is -2.28. The van der Waals surface area contributed by atoms with Gasteiger partial charge in [-0.2, -0.15) is 0 Å². The van der Waals surface area contributed by atoms with Crippen molar-refractivity contribution < 1.29 is 14.7 Å². The molecule has 1 saturated carbocycles. The molecule has 25 heavy (non-hydrogen) atoms. The zero-order valence-corrected chi connectivity index (χ0v) is 14.5. The van der Waals surface area contributed by atoms with E-state index in [1.807, 2.05) is 0 Å². The summed E-state index contributed by atoms with van der Waals surface area (Å²) in [6.45, 7) is 5.40. The third kappa shape index (κ3) is 6.89. The molecule has 1 aliphatic carbocycles. The Morgan fingerprint density at radius 3 is 2.04 bits per heavy atom. The van der Waals surface area contributed by atoms with Crippen LogP contribution in [0.25, 0.3) is 0 Å². The number of aliphatic hydroxyl groups excluding tert-OH is 1. The van der Waals surface area contributed by atoms with Crippen LogP contribution in [0.15, 0.2) is 0 Å². The van der Waals surface area contributed by atoms with Crippen molar-refractivity contribution in [3.8, 4) is 0 Å². The topological polar surface area (TPSA) is 106 Å². The van der Waals surface area contributed by atoms with Gasteiger partial charge in [-0.3, -0.25) is 9.59 Å². The van der Waals surface area contributed by atoms with Crippen LogP contribution in [-0.4, -0.2) is 86.8 Å². The SMILES string of the molecule is O=C(NC(CO)C(=O)N1CCNCCNCCNCC1)[C]1[CH][CH][CH][CH]1. The van der Waals surface area contributed by atoms with E-state index in [1.54, 1.807) is 30.6 Å². The number of amides is 2. The van der Waals surface area contributed by atoms with Gasteiger partial charge in [-0.05, 0) is 25.7 Å². The largest absolute Gasteiger partial charge is 0.394 e. The zero-order chi connectivity index (χ0) is 17.9. The van der Waals surface area contributed by atoms with Crippen LogP contribution in [0, 0.1) is 31.6 Å². The minimum Gasteiger partial charge on any atom is -0.394 e. The summed E-state index contributed by atoms with van der Waals surface area (Å²) >= 11 is 0. The van der Waals surface area contributed by atoms with Gasteiger partial charge >= 0.3 is 0 Å². The van der Waals surface area contributed by atoms with Gasteiger partial charge in [0.1, 0.15) is 6.04 Å². The third-order valence-electron chi connectivity index (χ3n) is 4.10. The monoisotopic (exact) mass is 350 g/mol. The van der Waals surface area contributed by atoms with E-state index in [4.69, 9.17) is 0 Å². The van der Waals surface area contributed by atoms with Gasteiger partial charge in [-0.25, -0.2) is 0 Å². The van der Waals surface area contributed by atoms with Crippen LogP contribution in [0.3, 0.4) is 0 Å². The van der Waals surface area contributed by atoms with Crippen molar-refractivity contribution in [1.29, 1.82) is 0 Å². The smallest absolute Gasteiger partial charge is 0.247 e. The molecule has 5 radical (unpaired) electrons. The lowest BCUT2D eigenvalue weighted by Crippen LogP contribution is -2.54. The van der Waals surface area contributed by atoms with Gasteiger partial charge in [0.05, 0.1) is 12.5 Å². The molecule has 1 saturated heterocycles. The van der Waals surface area contributed by atoms with Crippen LogP contribution in [0.4, 0.5) is 0 Å². The summed E-state index contributed by atoms with van der Waals surface area (Å²) in [6, 6.07) is -0.933. The molecule has 0 aromatic carbocycles. The second-order valence-corrected chi connectivity index (χ2v) is 5.96. The molecular weight excluding hydrogens is 322 g/mol. The fourth-order valence-corrected chi connectivity index (χ4v) is 2.66. The summed E-state index contributed by atoms with van der Waals surface area (Å²) in [6.07, 6.45) is 6.86. The Bertz CT molecular complexity index is 403. The van der Waals surface area contributed by atoms with Crippen molar-refractivity contribution in [3.63, 3.8) is 0 Å². The lowest BCUT2D eigenvalue weighted by atomic mass is 10.1. The number of rotatable bonds is 4. The van der Waals surface area contributed by atoms with E-state index in [0.29, 0.717) is 32.1 Å². The molecule has 0 bridgehead atoms. The number of hydrogen-bond donors (Lipinski definition) is 5. The fourth-order valence-electron chi connectivity index (χ4n) is 2.66. The van der Waals surface area contributed by atoms with Crippen LogP contribution >= 0.6 is 0 Å². The highest BCUT2D eigenvalue weighted by atomic mass is 16.3. The van der Waals surface area contributed by atoms with E-state index in [-0.39, 0.29) is 11.8 Å². The van der Waals surface area contributed by atoms with Gasteiger partial charge in [-0.1, -0.05) is 0 Å². The molecule has 1 aliphatic heterocycles. The van der Waals surface area contributed by atoms with Crippen molar-refractivity contribution in [1.82, 2.24) is 26.2 Å². The fraction of sp³-hybridized carbons (Fsp3) is 0.588. The molecule has 1 unspecified atom stereocenters. The lowest BCUT2D eigenvalue weighted by molar-refractivity contribution is -0.137. The molecule has 2 fully saturated rings. The summed E-state index contributed by atoms with van der Waals surface area (Å²) in [5, 5.41) is 22.1. The molecule has 5 N–H and O–H groups in total. The molecule has 2 rings (SSSR count). The Morgan fingerprint density at radius 2 is 1.52 bits per heavy atom. The molecule has 139 valence electrons. The van der Waals surface area contributed by atoms with Gasteiger partial charge in [-0.15, -0.1) is 0 Å². The molecule has 1 atom stereocenters. The summed E-state index contributed by atoms with van der Waals surface area (Å²) in [5.74, 6) is -0.133. The number of carbonyl (C=O) groups is 2. The van der Waals surface area contributed by atoms with Crippen molar-refractivity contribution in [2.24, 2.45) is 0 Å². The average Bonchev–Trinajstić information content (AvgIpc) is 3.14. The quantitative estimate of drug-likeness (QED) is 0.383. The second-order valence-electron chi connectivity index (χ2n) is 5.96. The number of hydrogen-bond acceptors (Lipinski definition) is 6. The van der Waals surface area contributed by atoms with Crippen molar-refractivity contribution in [2.45, 2.75) is 6.04 Å². The number of nitrogens with one attached hydrogen (secondary N) is 4. The van der Waals surface area contributed by atoms with Gasteiger partial charge in [0.15, 0.2) is 0 Å². The maximum Gasteiger partial charge on any atom is 0.247 e. The summed E-state index contributed by atoms with van der Waals surface area (Å²) < 4.78 is 0. The van der Waals surface area contributed by atoms with Crippen LogP contribution in [-0.2, 0) is 9.59 Å². The summed E-state index contributed by atoms with van der Waals surface area (Å²) in [4.78, 5) is 26.6. The van der Waals surface area contributed by atoms with Gasteiger partial charge < -0.3 is 31.3 Å². The highest BCUT2D eigenvalue weighted by Gasteiger charge is 2.30. The van der Waals surface area contributed by atoms with E-state index in [0.717, 1.165) is 26.2 Å². The van der Waals surface area contributed by atoms with Gasteiger partial charge in [0, 0.05) is 52.4 Å². The summed E-state index contributed by atoms with van der Waals surface area (Å²) in [7, 11) is 0. The first kappa shape index (κ1) is 20.1. The Morgan fingerprint density at radius 1 is 1.00 bits per heavy atom. The second kappa shape index (κ2) is 11.4. The van der Waals surface area contributed by atoms with Crippen LogP contribution < -0.4 is 21.3 Å². The third-order valence-corrected chi connectivity index (χ3v) is 4.10. The average molecular weight is 350 g/mol.